The molecular weight excluding hydrogens is 230 g/mol. The molecule has 18 heavy (non-hydrogen) atoms. The Hall–Kier alpha value is -1.10. The van der Waals surface area contributed by atoms with Gasteiger partial charge in [-0.15, -0.1) is 0 Å². The number of carbonyl (C=O) groups is 2. The van der Waals surface area contributed by atoms with Crippen molar-refractivity contribution in [3.8, 4) is 0 Å². The Morgan fingerprint density at radius 1 is 1.33 bits per heavy atom. The lowest BCUT2D eigenvalue weighted by Gasteiger charge is -2.38. The van der Waals surface area contributed by atoms with Gasteiger partial charge in [0, 0.05) is 6.04 Å². The lowest BCUT2D eigenvalue weighted by Crippen LogP contribution is -2.61. The lowest BCUT2D eigenvalue weighted by molar-refractivity contribution is -0.147. The van der Waals surface area contributed by atoms with E-state index in [1.165, 1.54) is 0 Å². The highest BCUT2D eigenvalue weighted by molar-refractivity contribution is 5.95. The predicted molar refractivity (Wildman–Crippen MR) is 71.1 cm³/mol. The molecule has 1 N–H and O–H groups in total. The summed E-state index contributed by atoms with van der Waals surface area (Å²) >= 11 is 0. The summed E-state index contributed by atoms with van der Waals surface area (Å²) in [4.78, 5) is 27.8. The maximum atomic E-state index is 12.3. The van der Waals surface area contributed by atoms with Gasteiger partial charge in [-0.05, 0) is 39.9 Å². The van der Waals surface area contributed by atoms with E-state index < -0.39 is 0 Å². The molecule has 5 nitrogen and oxygen atoms in total. The molecule has 0 aromatic rings. The third-order valence-corrected chi connectivity index (χ3v) is 3.37. The Morgan fingerprint density at radius 2 is 1.94 bits per heavy atom. The molecule has 5 heteroatoms. The molecule has 1 fully saturated rings. The molecule has 1 aliphatic rings. The zero-order valence-electron chi connectivity index (χ0n) is 12.1. The maximum absolute atomic E-state index is 12.3. The fourth-order valence-corrected chi connectivity index (χ4v) is 2.12. The molecule has 1 saturated heterocycles. The monoisotopic (exact) mass is 255 g/mol. The molecule has 104 valence electrons. The van der Waals surface area contributed by atoms with Crippen molar-refractivity contribution in [2.45, 2.75) is 39.3 Å². The van der Waals surface area contributed by atoms with Gasteiger partial charge < -0.3 is 15.1 Å². The van der Waals surface area contributed by atoms with Crippen molar-refractivity contribution in [1.82, 2.24) is 15.1 Å². The molecule has 0 radical (unpaired) electrons. The van der Waals surface area contributed by atoms with Gasteiger partial charge in [-0.25, -0.2) is 0 Å². The highest BCUT2D eigenvalue weighted by Crippen LogP contribution is 2.15. The molecule has 2 atom stereocenters. The molecule has 0 bridgehead atoms. The van der Waals surface area contributed by atoms with Crippen LogP contribution in [0.2, 0.25) is 0 Å². The van der Waals surface area contributed by atoms with Gasteiger partial charge >= 0.3 is 0 Å². The summed E-state index contributed by atoms with van der Waals surface area (Å²) in [6.45, 7) is 7.03. The average Bonchev–Trinajstić information content (AvgIpc) is 2.28. The van der Waals surface area contributed by atoms with E-state index in [0.717, 1.165) is 13.0 Å². The largest absolute Gasteiger partial charge is 0.343 e. The van der Waals surface area contributed by atoms with Gasteiger partial charge in [0.2, 0.25) is 11.8 Å². The van der Waals surface area contributed by atoms with Crippen LogP contribution < -0.4 is 5.32 Å². The van der Waals surface area contributed by atoms with Crippen molar-refractivity contribution in [3.05, 3.63) is 0 Å². The first kappa shape index (κ1) is 15.0. The zero-order valence-corrected chi connectivity index (χ0v) is 12.1. The van der Waals surface area contributed by atoms with Crippen LogP contribution in [-0.2, 0) is 9.59 Å². The third-order valence-electron chi connectivity index (χ3n) is 3.37. The number of rotatable bonds is 5. The van der Waals surface area contributed by atoms with Gasteiger partial charge in [-0.1, -0.05) is 13.8 Å². The van der Waals surface area contributed by atoms with Crippen molar-refractivity contribution in [2.24, 2.45) is 5.92 Å². The van der Waals surface area contributed by atoms with Crippen molar-refractivity contribution >= 4 is 11.8 Å². The van der Waals surface area contributed by atoms with Crippen LogP contribution in [-0.4, -0.2) is 60.9 Å². The Labute approximate surface area is 110 Å². The minimum Gasteiger partial charge on any atom is -0.343 e. The normalized spacial score (nSPS) is 22.6. The van der Waals surface area contributed by atoms with Crippen molar-refractivity contribution in [2.75, 3.05) is 27.2 Å². The van der Waals surface area contributed by atoms with E-state index in [2.05, 4.69) is 10.2 Å². The van der Waals surface area contributed by atoms with Crippen LogP contribution in [0.5, 0.6) is 0 Å². The van der Waals surface area contributed by atoms with E-state index in [1.54, 1.807) is 4.90 Å². The summed E-state index contributed by atoms with van der Waals surface area (Å²) in [7, 11) is 4.02. The highest BCUT2D eigenvalue weighted by atomic mass is 16.2. The van der Waals surface area contributed by atoms with Gasteiger partial charge in [-0.3, -0.25) is 9.59 Å². The second-order valence-corrected chi connectivity index (χ2v) is 5.70. The van der Waals surface area contributed by atoms with Gasteiger partial charge in [0.25, 0.3) is 0 Å². The van der Waals surface area contributed by atoms with Crippen LogP contribution in [0.15, 0.2) is 0 Å². The molecule has 2 amide bonds. The molecule has 1 rings (SSSR count). The van der Waals surface area contributed by atoms with Crippen LogP contribution in [0.3, 0.4) is 0 Å². The molecule has 1 aliphatic heterocycles. The summed E-state index contributed by atoms with van der Waals surface area (Å²) in [5.74, 6) is 0.131. The Morgan fingerprint density at radius 3 is 2.44 bits per heavy atom. The number of piperazine rings is 1. The number of nitrogens with zero attached hydrogens (tertiary/aromatic N) is 2. The first-order valence-electron chi connectivity index (χ1n) is 6.57. The quantitative estimate of drug-likeness (QED) is 0.769. The third kappa shape index (κ3) is 3.70. The average molecular weight is 255 g/mol. The van der Waals surface area contributed by atoms with Crippen LogP contribution in [0.25, 0.3) is 0 Å². The molecule has 0 aromatic heterocycles. The molecule has 1 heterocycles. The van der Waals surface area contributed by atoms with Gasteiger partial charge in [0.15, 0.2) is 0 Å². The van der Waals surface area contributed by atoms with Gasteiger partial charge in [0.1, 0.15) is 6.04 Å². The lowest BCUT2D eigenvalue weighted by atomic mass is 9.99. The first-order chi connectivity index (χ1) is 8.32. The van der Waals surface area contributed by atoms with E-state index in [4.69, 9.17) is 0 Å². The van der Waals surface area contributed by atoms with Crippen LogP contribution in [0, 0.1) is 5.92 Å². The second kappa shape index (κ2) is 6.18. The molecule has 0 aromatic carbocycles. The fraction of sp³-hybridized carbons (Fsp3) is 0.846. The van der Waals surface area contributed by atoms with E-state index in [9.17, 15) is 9.59 Å². The maximum Gasteiger partial charge on any atom is 0.246 e. The van der Waals surface area contributed by atoms with Gasteiger partial charge in [-0.2, -0.15) is 0 Å². The van der Waals surface area contributed by atoms with Crippen molar-refractivity contribution < 1.29 is 9.59 Å². The number of hydrogen-bond donors (Lipinski definition) is 1. The van der Waals surface area contributed by atoms with Crippen molar-refractivity contribution in [3.63, 3.8) is 0 Å². The van der Waals surface area contributed by atoms with Crippen molar-refractivity contribution in [1.29, 1.82) is 0 Å². The van der Waals surface area contributed by atoms with Crippen LogP contribution in [0.1, 0.15) is 27.2 Å². The zero-order chi connectivity index (χ0) is 13.9. The van der Waals surface area contributed by atoms with E-state index in [-0.39, 0.29) is 36.4 Å². The Kier molecular flexibility index (Phi) is 5.14. The number of amides is 2. The van der Waals surface area contributed by atoms with E-state index in [0.29, 0.717) is 0 Å². The van der Waals surface area contributed by atoms with Gasteiger partial charge in [0.05, 0.1) is 6.54 Å². The summed E-state index contributed by atoms with van der Waals surface area (Å²) in [5.41, 5.74) is 0. The predicted octanol–water partition coefficient (Wildman–Crippen LogP) is 0.310. The summed E-state index contributed by atoms with van der Waals surface area (Å²) in [6, 6.07) is -0.264. The summed E-state index contributed by atoms with van der Waals surface area (Å²) in [5, 5.41) is 2.77. The van der Waals surface area contributed by atoms with Crippen LogP contribution >= 0.6 is 0 Å². The number of hydrogen-bond acceptors (Lipinski definition) is 3. The summed E-state index contributed by atoms with van der Waals surface area (Å²) in [6.07, 6.45) is 0.886. The minimum absolute atomic E-state index is 0.0509. The second-order valence-electron chi connectivity index (χ2n) is 5.70. The van der Waals surface area contributed by atoms with E-state index in [1.807, 2.05) is 34.9 Å². The minimum atomic E-state index is -0.368. The van der Waals surface area contributed by atoms with Crippen LogP contribution in [0.4, 0.5) is 0 Å². The molecule has 0 spiro atoms. The Balaban J connectivity index is 2.68. The topological polar surface area (TPSA) is 52.7 Å². The van der Waals surface area contributed by atoms with E-state index >= 15 is 0 Å². The standard InChI is InChI=1S/C13H25N3O2/c1-9(2)12-13(18)16(8-11(17)14-12)10(3)6-7-15(4)5/h9-10,12H,6-8H2,1-5H3,(H,14,17). The molecule has 0 saturated carbocycles. The number of nitrogens with one attached hydrogen (secondary N) is 1. The summed E-state index contributed by atoms with van der Waals surface area (Å²) < 4.78 is 0. The smallest absolute Gasteiger partial charge is 0.246 e. The molecule has 2 unspecified atom stereocenters. The SMILES string of the molecule is CC(C)C1NC(=O)CN(C(C)CCN(C)C)C1=O. The fourth-order valence-electron chi connectivity index (χ4n) is 2.12. The first-order valence-corrected chi connectivity index (χ1v) is 6.57. The Bertz CT molecular complexity index is 315. The number of carbonyl (C=O) groups excluding carboxylic acids is 2. The molecular formula is C13H25N3O2. The highest BCUT2D eigenvalue weighted by Gasteiger charge is 2.36. The molecule has 0 aliphatic carbocycles.